The average molecular weight is 403 g/mol. The third-order valence-corrected chi connectivity index (χ3v) is 5.41. The molecule has 0 aliphatic carbocycles. The van der Waals surface area contributed by atoms with Crippen LogP contribution in [0, 0.1) is 0 Å². The molecule has 2 aromatic carbocycles. The van der Waals surface area contributed by atoms with Gasteiger partial charge in [-0.2, -0.15) is 0 Å². The van der Waals surface area contributed by atoms with Crippen LogP contribution in [0.3, 0.4) is 0 Å². The zero-order chi connectivity index (χ0) is 20.8. The third-order valence-electron chi connectivity index (χ3n) is 5.41. The van der Waals surface area contributed by atoms with E-state index in [0.717, 1.165) is 13.1 Å². The van der Waals surface area contributed by atoms with Gasteiger partial charge in [0, 0.05) is 26.2 Å². The van der Waals surface area contributed by atoms with Gasteiger partial charge in [0.05, 0.1) is 18.8 Å². The first-order valence-electron chi connectivity index (χ1n) is 10.2. The summed E-state index contributed by atoms with van der Waals surface area (Å²) in [6.45, 7) is 2.77. The summed E-state index contributed by atoms with van der Waals surface area (Å²) < 4.78 is 5.05. The van der Waals surface area contributed by atoms with Crippen LogP contribution >= 0.6 is 0 Å². The summed E-state index contributed by atoms with van der Waals surface area (Å²) in [6, 6.07) is 24.3. The zero-order valence-electron chi connectivity index (χ0n) is 16.7. The van der Waals surface area contributed by atoms with Crippen LogP contribution in [-0.2, 0) is 4.79 Å². The van der Waals surface area contributed by atoms with Gasteiger partial charge in [-0.1, -0.05) is 60.7 Å². The van der Waals surface area contributed by atoms with Gasteiger partial charge < -0.3 is 14.6 Å². The normalized spacial score (nSPS) is 14.6. The molecular formula is C24H25N3O3. The van der Waals surface area contributed by atoms with Crippen molar-refractivity contribution in [3.63, 3.8) is 0 Å². The molecule has 1 saturated heterocycles. The maximum atomic E-state index is 12.6. The number of benzene rings is 2. The summed E-state index contributed by atoms with van der Waals surface area (Å²) in [5.41, 5.74) is 2.49. The molecule has 1 N–H and O–H groups in total. The molecule has 0 radical (unpaired) electrons. The minimum atomic E-state index is -0.375. The molecule has 2 amide bonds. The number of carbonyl (C=O) groups excluding carboxylic acids is 2. The maximum absolute atomic E-state index is 12.6. The van der Waals surface area contributed by atoms with Crippen molar-refractivity contribution in [2.75, 3.05) is 32.7 Å². The Labute approximate surface area is 176 Å². The Bertz CT molecular complexity index is 910. The van der Waals surface area contributed by atoms with Crippen LogP contribution < -0.4 is 5.32 Å². The maximum Gasteiger partial charge on any atom is 0.287 e. The van der Waals surface area contributed by atoms with E-state index in [9.17, 15) is 9.59 Å². The summed E-state index contributed by atoms with van der Waals surface area (Å²) in [5.74, 6) is -0.244. The van der Waals surface area contributed by atoms with Gasteiger partial charge in [-0.15, -0.1) is 0 Å². The molecule has 3 aromatic rings. The lowest BCUT2D eigenvalue weighted by molar-refractivity contribution is -0.132. The first-order chi connectivity index (χ1) is 14.7. The van der Waals surface area contributed by atoms with Crippen LogP contribution in [0.2, 0.25) is 0 Å². The monoisotopic (exact) mass is 403 g/mol. The lowest BCUT2D eigenvalue weighted by Gasteiger charge is -2.39. The van der Waals surface area contributed by atoms with E-state index in [1.165, 1.54) is 17.4 Å². The predicted molar refractivity (Wildman–Crippen MR) is 114 cm³/mol. The molecule has 1 aliphatic heterocycles. The minimum absolute atomic E-state index is 0.0274. The Hall–Kier alpha value is -3.38. The number of carbonyl (C=O) groups is 2. The van der Waals surface area contributed by atoms with Gasteiger partial charge in [-0.25, -0.2) is 0 Å². The van der Waals surface area contributed by atoms with Gasteiger partial charge in [-0.05, 0) is 23.3 Å². The number of nitrogens with one attached hydrogen (secondary N) is 1. The second-order valence-corrected chi connectivity index (χ2v) is 7.30. The van der Waals surface area contributed by atoms with Crippen LogP contribution in [-0.4, -0.2) is 54.3 Å². The van der Waals surface area contributed by atoms with Crippen molar-refractivity contribution < 1.29 is 14.0 Å². The first-order valence-corrected chi connectivity index (χ1v) is 10.2. The van der Waals surface area contributed by atoms with Crippen LogP contribution in [0.4, 0.5) is 0 Å². The van der Waals surface area contributed by atoms with Crippen molar-refractivity contribution in [1.29, 1.82) is 0 Å². The highest BCUT2D eigenvalue weighted by Crippen LogP contribution is 2.29. The number of piperazine rings is 1. The zero-order valence-corrected chi connectivity index (χ0v) is 16.7. The second-order valence-electron chi connectivity index (χ2n) is 7.30. The standard InChI is InChI=1S/C24H25N3O3/c28-22(18-25-24(29)21-12-7-17-30-21)26-13-15-27(16-14-26)23(19-8-3-1-4-9-19)20-10-5-2-6-11-20/h1-12,17,23H,13-16,18H2,(H,25,29). The fourth-order valence-electron chi connectivity index (χ4n) is 3.88. The number of furan rings is 1. The molecule has 6 heteroatoms. The number of nitrogens with zero attached hydrogens (tertiary/aromatic N) is 2. The van der Waals surface area contributed by atoms with Gasteiger partial charge in [0.15, 0.2) is 5.76 Å². The van der Waals surface area contributed by atoms with Crippen molar-refractivity contribution in [1.82, 2.24) is 15.1 Å². The van der Waals surface area contributed by atoms with Gasteiger partial charge in [0.2, 0.25) is 5.91 Å². The van der Waals surface area contributed by atoms with Crippen molar-refractivity contribution in [2.45, 2.75) is 6.04 Å². The second kappa shape index (κ2) is 9.41. The highest BCUT2D eigenvalue weighted by atomic mass is 16.3. The molecule has 4 rings (SSSR count). The van der Waals surface area contributed by atoms with Crippen molar-refractivity contribution in [2.24, 2.45) is 0 Å². The van der Waals surface area contributed by atoms with Crippen LogP contribution in [0.25, 0.3) is 0 Å². The summed E-state index contributed by atoms with van der Waals surface area (Å²) >= 11 is 0. The molecule has 1 aromatic heterocycles. The third kappa shape index (κ3) is 4.60. The number of hydrogen-bond acceptors (Lipinski definition) is 4. The molecule has 0 spiro atoms. The van der Waals surface area contributed by atoms with E-state index in [-0.39, 0.29) is 30.2 Å². The molecule has 1 fully saturated rings. The molecule has 154 valence electrons. The molecule has 30 heavy (non-hydrogen) atoms. The highest BCUT2D eigenvalue weighted by molar-refractivity contribution is 5.94. The van der Waals surface area contributed by atoms with Crippen LogP contribution in [0.15, 0.2) is 83.5 Å². The smallest absolute Gasteiger partial charge is 0.287 e. The molecule has 0 unspecified atom stereocenters. The number of rotatable bonds is 6. The summed E-state index contributed by atoms with van der Waals surface area (Å²) in [5, 5.41) is 2.63. The van der Waals surface area contributed by atoms with Gasteiger partial charge in [-0.3, -0.25) is 14.5 Å². The average Bonchev–Trinajstić information content (AvgIpc) is 3.35. The van der Waals surface area contributed by atoms with Crippen molar-refractivity contribution >= 4 is 11.8 Å². The predicted octanol–water partition coefficient (Wildman–Crippen LogP) is 2.94. The summed E-state index contributed by atoms with van der Waals surface area (Å²) in [7, 11) is 0. The molecular weight excluding hydrogens is 378 g/mol. The fourth-order valence-corrected chi connectivity index (χ4v) is 3.88. The molecule has 0 bridgehead atoms. The largest absolute Gasteiger partial charge is 0.459 e. The fraction of sp³-hybridized carbons (Fsp3) is 0.250. The summed E-state index contributed by atoms with van der Waals surface area (Å²) in [4.78, 5) is 28.7. The van der Waals surface area contributed by atoms with Gasteiger partial charge in [0.25, 0.3) is 5.91 Å². The number of amides is 2. The molecule has 2 heterocycles. The van der Waals surface area contributed by atoms with E-state index in [4.69, 9.17) is 4.42 Å². The van der Waals surface area contributed by atoms with E-state index in [1.807, 2.05) is 17.0 Å². The Kier molecular flexibility index (Phi) is 6.25. The van der Waals surface area contributed by atoms with Crippen molar-refractivity contribution in [3.8, 4) is 0 Å². The topological polar surface area (TPSA) is 65.8 Å². The first kappa shape index (κ1) is 19.9. The lowest BCUT2D eigenvalue weighted by atomic mass is 9.96. The van der Waals surface area contributed by atoms with Crippen LogP contribution in [0.1, 0.15) is 27.7 Å². The van der Waals surface area contributed by atoms with E-state index >= 15 is 0 Å². The van der Waals surface area contributed by atoms with E-state index in [0.29, 0.717) is 13.1 Å². The Balaban J connectivity index is 1.37. The van der Waals surface area contributed by atoms with Crippen LogP contribution in [0.5, 0.6) is 0 Å². The Morgan fingerprint density at radius 1 is 0.833 bits per heavy atom. The van der Waals surface area contributed by atoms with E-state index in [2.05, 4.69) is 58.7 Å². The molecule has 1 aliphatic rings. The number of hydrogen-bond donors (Lipinski definition) is 1. The summed E-state index contributed by atoms with van der Waals surface area (Å²) in [6.07, 6.45) is 1.44. The molecule has 6 nitrogen and oxygen atoms in total. The van der Waals surface area contributed by atoms with E-state index < -0.39 is 0 Å². The SMILES string of the molecule is O=C(NCC(=O)N1CCN(C(c2ccccc2)c2ccccc2)CC1)c1ccco1. The quantitative estimate of drug-likeness (QED) is 0.687. The Morgan fingerprint density at radius 2 is 1.43 bits per heavy atom. The highest BCUT2D eigenvalue weighted by Gasteiger charge is 2.28. The van der Waals surface area contributed by atoms with Gasteiger partial charge >= 0.3 is 0 Å². The van der Waals surface area contributed by atoms with Gasteiger partial charge in [0.1, 0.15) is 0 Å². The van der Waals surface area contributed by atoms with E-state index in [1.54, 1.807) is 12.1 Å². The molecule has 0 atom stereocenters. The lowest BCUT2D eigenvalue weighted by Crippen LogP contribution is -2.52. The van der Waals surface area contributed by atoms with Crippen molar-refractivity contribution in [3.05, 3.63) is 95.9 Å². The molecule has 0 saturated carbocycles. The minimum Gasteiger partial charge on any atom is -0.459 e. The Morgan fingerprint density at radius 3 is 1.97 bits per heavy atom.